The lowest BCUT2D eigenvalue weighted by Crippen LogP contribution is -2.41. The number of rotatable bonds is 4. The summed E-state index contributed by atoms with van der Waals surface area (Å²) in [5.41, 5.74) is 1.03. The van der Waals surface area contributed by atoms with Crippen LogP contribution in [0.5, 0.6) is 0 Å². The Balaban J connectivity index is 2.03. The Kier molecular flexibility index (Phi) is 7.08. The lowest BCUT2D eigenvalue weighted by atomic mass is 10.1. The van der Waals surface area contributed by atoms with Crippen LogP contribution in [-0.4, -0.2) is 49.0 Å². The highest BCUT2D eigenvalue weighted by atomic mass is 35.5. The molecule has 1 aliphatic heterocycles. The minimum atomic E-state index is -4.31. The Bertz CT molecular complexity index is 899. The fourth-order valence-corrected chi connectivity index (χ4v) is 3.90. The van der Waals surface area contributed by atoms with E-state index >= 15 is 0 Å². The summed E-state index contributed by atoms with van der Waals surface area (Å²) in [6.45, 7) is 3.66. The van der Waals surface area contributed by atoms with Crippen LogP contribution in [0.2, 0.25) is 5.02 Å². The van der Waals surface area contributed by atoms with Gasteiger partial charge in [-0.15, -0.1) is 11.8 Å². The molecule has 0 N–H and O–H groups in total. The number of hydrogen-bond donors (Lipinski definition) is 0. The largest absolute Gasteiger partial charge is 0.398 e. The Hall–Kier alpha value is -1.77. The van der Waals surface area contributed by atoms with Crippen molar-refractivity contribution < 1.29 is 22.3 Å². The van der Waals surface area contributed by atoms with Gasteiger partial charge in [0.25, 0.3) is 0 Å². The van der Waals surface area contributed by atoms with Crippen molar-refractivity contribution >= 4 is 34.9 Å². The number of morpholine rings is 1. The molecule has 3 rings (SSSR count). The van der Waals surface area contributed by atoms with E-state index in [-0.39, 0.29) is 5.69 Å². The van der Waals surface area contributed by atoms with Crippen LogP contribution in [0.1, 0.15) is 11.1 Å². The van der Waals surface area contributed by atoms with Gasteiger partial charge in [0, 0.05) is 23.5 Å². The number of alkyl halides is 3. The van der Waals surface area contributed by atoms with Gasteiger partial charge in [0.1, 0.15) is 17.3 Å². The molecule has 0 bridgehead atoms. The molecule has 0 aliphatic carbocycles. The van der Waals surface area contributed by atoms with Crippen LogP contribution in [0, 0.1) is 12.7 Å². The lowest BCUT2D eigenvalue weighted by molar-refractivity contribution is -0.105. The standard InChI is InChI=1S/C20H19ClF4N2OS/c1-13-10-16(22)17(11-18(13)29-12-20(23,24)25)26-19(27-6-8-28-9-7-27)14-4-2-3-5-15(14)21/h2-5,10-11H,6-9,12H2,1H3/b26-19-. The molecular weight excluding hydrogens is 428 g/mol. The fraction of sp³-hybridized carbons (Fsp3) is 0.350. The predicted octanol–water partition coefficient (Wildman–Crippen LogP) is 5.85. The van der Waals surface area contributed by atoms with Gasteiger partial charge in [-0.05, 0) is 36.8 Å². The summed E-state index contributed by atoms with van der Waals surface area (Å²) in [5.74, 6) is -1.19. The van der Waals surface area contributed by atoms with E-state index in [1.807, 2.05) is 4.90 Å². The molecule has 0 aromatic heterocycles. The highest BCUT2D eigenvalue weighted by molar-refractivity contribution is 7.99. The van der Waals surface area contributed by atoms with E-state index in [1.165, 1.54) is 12.1 Å². The van der Waals surface area contributed by atoms with Gasteiger partial charge in [0.15, 0.2) is 0 Å². The molecule has 0 amide bonds. The smallest absolute Gasteiger partial charge is 0.378 e. The van der Waals surface area contributed by atoms with Gasteiger partial charge < -0.3 is 9.64 Å². The number of aryl methyl sites for hydroxylation is 1. The van der Waals surface area contributed by atoms with E-state index in [0.717, 1.165) is 0 Å². The third-order valence-corrected chi connectivity index (χ3v) is 5.84. The third kappa shape index (κ3) is 5.87. The van der Waals surface area contributed by atoms with E-state index in [9.17, 15) is 17.6 Å². The van der Waals surface area contributed by atoms with Gasteiger partial charge in [-0.2, -0.15) is 13.2 Å². The molecule has 2 aromatic carbocycles. The van der Waals surface area contributed by atoms with Crippen molar-refractivity contribution in [1.29, 1.82) is 0 Å². The Morgan fingerprint density at radius 3 is 2.55 bits per heavy atom. The molecule has 0 radical (unpaired) electrons. The lowest BCUT2D eigenvalue weighted by Gasteiger charge is -2.30. The fourth-order valence-electron chi connectivity index (χ4n) is 2.88. The van der Waals surface area contributed by atoms with Gasteiger partial charge >= 0.3 is 6.18 Å². The van der Waals surface area contributed by atoms with Crippen molar-refractivity contribution in [3.63, 3.8) is 0 Å². The SMILES string of the molecule is Cc1cc(F)c(/N=C(/c2ccccc2Cl)N2CCOCC2)cc1SCC(F)(F)F. The number of ether oxygens (including phenoxy) is 1. The number of benzene rings is 2. The molecule has 0 unspecified atom stereocenters. The molecular formula is C20H19ClF4N2OS. The maximum atomic E-state index is 14.6. The van der Waals surface area contributed by atoms with E-state index < -0.39 is 17.7 Å². The zero-order valence-corrected chi connectivity index (χ0v) is 17.2. The average Bonchev–Trinajstić information content (AvgIpc) is 2.67. The van der Waals surface area contributed by atoms with Crippen LogP contribution in [0.15, 0.2) is 46.3 Å². The second-order valence-electron chi connectivity index (χ2n) is 6.49. The van der Waals surface area contributed by atoms with Crippen molar-refractivity contribution in [3.05, 3.63) is 58.4 Å². The summed E-state index contributed by atoms with van der Waals surface area (Å²) < 4.78 is 57.9. The second kappa shape index (κ2) is 9.36. The summed E-state index contributed by atoms with van der Waals surface area (Å²) in [5, 5.41) is 0.455. The van der Waals surface area contributed by atoms with Crippen molar-refractivity contribution in [2.45, 2.75) is 18.0 Å². The first kappa shape index (κ1) is 21.9. The molecule has 0 saturated carbocycles. The van der Waals surface area contributed by atoms with E-state index in [2.05, 4.69) is 4.99 Å². The topological polar surface area (TPSA) is 24.8 Å². The first-order valence-electron chi connectivity index (χ1n) is 8.90. The van der Waals surface area contributed by atoms with Crippen LogP contribution < -0.4 is 0 Å². The number of aliphatic imine (C=N–C) groups is 1. The second-order valence-corrected chi connectivity index (χ2v) is 7.91. The average molecular weight is 447 g/mol. The molecule has 2 aromatic rings. The van der Waals surface area contributed by atoms with Crippen LogP contribution in [0.3, 0.4) is 0 Å². The van der Waals surface area contributed by atoms with Crippen molar-refractivity contribution in [2.75, 3.05) is 32.1 Å². The molecule has 1 heterocycles. The van der Waals surface area contributed by atoms with E-state index in [0.29, 0.717) is 64.9 Å². The number of thioether (sulfide) groups is 1. The van der Waals surface area contributed by atoms with E-state index in [1.54, 1.807) is 31.2 Å². The Morgan fingerprint density at radius 1 is 1.21 bits per heavy atom. The van der Waals surface area contributed by atoms with Crippen molar-refractivity contribution in [3.8, 4) is 0 Å². The first-order chi connectivity index (χ1) is 13.7. The summed E-state index contributed by atoms with van der Waals surface area (Å²) >= 11 is 6.96. The molecule has 9 heteroatoms. The molecule has 1 aliphatic rings. The van der Waals surface area contributed by atoms with Crippen molar-refractivity contribution in [2.24, 2.45) is 4.99 Å². The molecule has 156 valence electrons. The molecule has 1 fully saturated rings. The van der Waals surface area contributed by atoms with Crippen LogP contribution in [0.25, 0.3) is 0 Å². The van der Waals surface area contributed by atoms with Crippen LogP contribution in [-0.2, 0) is 4.74 Å². The van der Waals surface area contributed by atoms with Crippen molar-refractivity contribution in [1.82, 2.24) is 4.90 Å². The maximum Gasteiger partial charge on any atom is 0.398 e. The Labute approximate surface area is 175 Å². The summed E-state index contributed by atoms with van der Waals surface area (Å²) in [6.07, 6.45) is -4.31. The molecule has 3 nitrogen and oxygen atoms in total. The van der Waals surface area contributed by atoms with E-state index in [4.69, 9.17) is 16.3 Å². The van der Waals surface area contributed by atoms with Crippen LogP contribution >= 0.6 is 23.4 Å². The zero-order valence-electron chi connectivity index (χ0n) is 15.6. The summed E-state index contributed by atoms with van der Waals surface area (Å²) in [6, 6.07) is 9.64. The van der Waals surface area contributed by atoms with Gasteiger partial charge in [-0.3, -0.25) is 0 Å². The molecule has 0 spiro atoms. The molecule has 29 heavy (non-hydrogen) atoms. The minimum absolute atomic E-state index is 0.0262. The molecule has 0 atom stereocenters. The highest BCUT2D eigenvalue weighted by Crippen LogP contribution is 2.34. The normalized spacial score (nSPS) is 15.7. The summed E-state index contributed by atoms with van der Waals surface area (Å²) in [7, 11) is 0. The van der Waals surface area contributed by atoms with Gasteiger partial charge in [-0.1, -0.05) is 23.7 Å². The summed E-state index contributed by atoms with van der Waals surface area (Å²) in [4.78, 5) is 6.77. The van der Waals surface area contributed by atoms with Gasteiger partial charge in [0.05, 0.1) is 24.0 Å². The minimum Gasteiger partial charge on any atom is -0.378 e. The highest BCUT2D eigenvalue weighted by Gasteiger charge is 2.28. The number of nitrogens with zero attached hydrogens (tertiary/aromatic N) is 2. The number of amidine groups is 1. The maximum absolute atomic E-state index is 14.6. The number of hydrogen-bond acceptors (Lipinski definition) is 3. The monoisotopic (exact) mass is 446 g/mol. The Morgan fingerprint density at radius 2 is 1.90 bits per heavy atom. The predicted molar refractivity (Wildman–Crippen MR) is 108 cm³/mol. The van der Waals surface area contributed by atoms with Gasteiger partial charge in [-0.25, -0.2) is 9.38 Å². The molecule has 1 saturated heterocycles. The van der Waals surface area contributed by atoms with Gasteiger partial charge in [0.2, 0.25) is 0 Å². The third-order valence-electron chi connectivity index (χ3n) is 4.29. The quantitative estimate of drug-likeness (QED) is 0.255. The first-order valence-corrected chi connectivity index (χ1v) is 10.3. The zero-order chi connectivity index (χ0) is 21.0. The number of halogens is 5. The van der Waals surface area contributed by atoms with Crippen LogP contribution in [0.4, 0.5) is 23.2 Å².